The molecule has 4 nitrogen and oxygen atoms in total. The first kappa shape index (κ1) is 28.5. The van der Waals surface area contributed by atoms with Crippen molar-refractivity contribution < 1.29 is 0 Å². The highest BCUT2D eigenvalue weighted by molar-refractivity contribution is 5.82. The highest BCUT2D eigenvalue weighted by Gasteiger charge is 2.16. The second-order valence-electron chi connectivity index (χ2n) is 11.2. The van der Waals surface area contributed by atoms with E-state index in [1.54, 1.807) is 0 Å². The lowest BCUT2D eigenvalue weighted by atomic mass is 10.0. The lowest BCUT2D eigenvalue weighted by Crippen LogP contribution is -2.12. The van der Waals surface area contributed by atoms with E-state index in [9.17, 15) is 0 Å². The average Bonchev–Trinajstić information content (AvgIpc) is 3.12. The summed E-state index contributed by atoms with van der Waals surface area (Å²) in [6, 6.07) is 63.0. The van der Waals surface area contributed by atoms with Gasteiger partial charge in [0, 0.05) is 45.5 Å². The number of nitrogens with two attached hydrogens (primary N) is 2. The Hall–Kier alpha value is -6.26. The van der Waals surface area contributed by atoms with Crippen LogP contribution in [0, 0.1) is 0 Å². The van der Waals surface area contributed by atoms with Crippen LogP contribution in [0.3, 0.4) is 0 Å². The lowest BCUT2D eigenvalue weighted by Gasteiger charge is -2.28. The van der Waals surface area contributed by atoms with Crippen molar-refractivity contribution in [3.63, 3.8) is 0 Å². The van der Waals surface area contributed by atoms with Gasteiger partial charge in [0.2, 0.25) is 0 Å². The smallest absolute Gasteiger partial charge is 0.0463 e. The molecule has 7 aromatic carbocycles. The third-order valence-corrected chi connectivity index (χ3v) is 8.13. The maximum Gasteiger partial charge on any atom is 0.0463 e. The molecule has 0 aliphatic carbocycles. The maximum atomic E-state index is 5.91. The van der Waals surface area contributed by atoms with Gasteiger partial charge in [0.1, 0.15) is 0 Å². The molecule has 0 amide bonds. The molecule has 0 fully saturated rings. The maximum absolute atomic E-state index is 5.91. The van der Waals surface area contributed by atoms with E-state index in [0.717, 1.165) is 67.8 Å². The molecule has 7 aromatic rings. The van der Waals surface area contributed by atoms with E-state index >= 15 is 0 Å². The standard InChI is InChI=1S/C42H34N4/c43-35-19-11-31(12-20-35)33-15-23-39(24-16-33)45(37-7-3-1-4-8-37)41-27-29-42(30-28-41)46(38-9-5-2-6-10-38)40-25-17-34(18-26-40)32-13-21-36(44)22-14-32/h1-30H,43-44H2. The van der Waals surface area contributed by atoms with Crippen LogP contribution in [0.25, 0.3) is 22.3 Å². The van der Waals surface area contributed by atoms with Crippen molar-refractivity contribution >= 4 is 45.5 Å². The molecule has 0 heterocycles. The second-order valence-corrected chi connectivity index (χ2v) is 11.2. The number of para-hydroxylation sites is 2. The normalized spacial score (nSPS) is 10.8. The van der Waals surface area contributed by atoms with Crippen LogP contribution in [0.5, 0.6) is 0 Å². The number of hydrogen-bond donors (Lipinski definition) is 2. The minimum absolute atomic E-state index is 0.764. The van der Waals surface area contributed by atoms with Crippen molar-refractivity contribution in [2.45, 2.75) is 0 Å². The highest BCUT2D eigenvalue weighted by atomic mass is 15.2. The molecule has 0 unspecified atom stereocenters. The number of nitrogen functional groups attached to an aromatic ring is 2. The third-order valence-electron chi connectivity index (χ3n) is 8.13. The zero-order valence-corrected chi connectivity index (χ0v) is 25.4. The number of rotatable bonds is 8. The van der Waals surface area contributed by atoms with Gasteiger partial charge in [-0.25, -0.2) is 0 Å². The monoisotopic (exact) mass is 594 g/mol. The van der Waals surface area contributed by atoms with Crippen LogP contribution >= 0.6 is 0 Å². The Morgan fingerprint density at radius 3 is 0.739 bits per heavy atom. The topological polar surface area (TPSA) is 58.5 Å². The van der Waals surface area contributed by atoms with Gasteiger partial charge in [0.15, 0.2) is 0 Å². The number of hydrogen-bond acceptors (Lipinski definition) is 4. The van der Waals surface area contributed by atoms with Crippen LogP contribution in [0.2, 0.25) is 0 Å². The van der Waals surface area contributed by atoms with Crippen molar-refractivity contribution in [1.82, 2.24) is 0 Å². The van der Waals surface area contributed by atoms with E-state index in [4.69, 9.17) is 11.5 Å². The molecule has 0 radical (unpaired) electrons. The Kier molecular flexibility index (Phi) is 7.91. The van der Waals surface area contributed by atoms with E-state index in [1.807, 2.05) is 36.4 Å². The molecule has 46 heavy (non-hydrogen) atoms. The van der Waals surface area contributed by atoms with Crippen LogP contribution in [0.4, 0.5) is 45.5 Å². The van der Waals surface area contributed by atoms with Crippen molar-refractivity contribution in [1.29, 1.82) is 0 Å². The van der Waals surface area contributed by atoms with Crippen LogP contribution in [0.15, 0.2) is 182 Å². The summed E-state index contributed by atoms with van der Waals surface area (Å²) < 4.78 is 0. The Morgan fingerprint density at radius 1 is 0.239 bits per heavy atom. The zero-order valence-electron chi connectivity index (χ0n) is 25.4. The van der Waals surface area contributed by atoms with Gasteiger partial charge in [-0.2, -0.15) is 0 Å². The predicted octanol–water partition coefficient (Wildman–Crippen LogP) is 11.1. The molecule has 0 saturated carbocycles. The summed E-state index contributed by atoms with van der Waals surface area (Å²) in [5.74, 6) is 0. The summed E-state index contributed by atoms with van der Waals surface area (Å²) in [5.41, 5.74) is 24.4. The van der Waals surface area contributed by atoms with Crippen LogP contribution < -0.4 is 21.3 Å². The number of benzene rings is 7. The molecule has 0 aliphatic rings. The fraction of sp³-hybridized carbons (Fsp3) is 0. The van der Waals surface area contributed by atoms with Gasteiger partial charge in [0.25, 0.3) is 0 Å². The summed E-state index contributed by atoms with van der Waals surface area (Å²) in [6.07, 6.45) is 0. The molecule has 0 saturated heterocycles. The molecule has 0 bridgehead atoms. The molecular weight excluding hydrogens is 560 g/mol. The zero-order chi connectivity index (χ0) is 31.3. The molecule has 4 heteroatoms. The minimum atomic E-state index is 0.764. The minimum Gasteiger partial charge on any atom is -0.399 e. The van der Waals surface area contributed by atoms with Crippen LogP contribution in [-0.4, -0.2) is 0 Å². The Morgan fingerprint density at radius 2 is 0.457 bits per heavy atom. The first-order chi connectivity index (χ1) is 22.6. The molecular formula is C42H34N4. The summed E-state index contributed by atoms with van der Waals surface area (Å²) in [6.45, 7) is 0. The van der Waals surface area contributed by atoms with E-state index in [1.165, 1.54) is 0 Å². The fourth-order valence-corrected chi connectivity index (χ4v) is 5.76. The summed E-state index contributed by atoms with van der Waals surface area (Å²) in [7, 11) is 0. The van der Waals surface area contributed by atoms with Gasteiger partial charge in [-0.15, -0.1) is 0 Å². The van der Waals surface area contributed by atoms with Crippen LogP contribution in [-0.2, 0) is 0 Å². The Bertz CT molecular complexity index is 1850. The molecule has 0 aliphatic heterocycles. The van der Waals surface area contributed by atoms with Gasteiger partial charge in [0.05, 0.1) is 0 Å². The molecule has 0 spiro atoms. The van der Waals surface area contributed by atoms with E-state index in [0.29, 0.717) is 0 Å². The van der Waals surface area contributed by atoms with Crippen molar-refractivity contribution in [3.8, 4) is 22.3 Å². The second kappa shape index (κ2) is 12.8. The third kappa shape index (κ3) is 6.05. The first-order valence-electron chi connectivity index (χ1n) is 15.3. The van der Waals surface area contributed by atoms with Gasteiger partial charge >= 0.3 is 0 Å². The van der Waals surface area contributed by atoms with Crippen LogP contribution in [0.1, 0.15) is 0 Å². The van der Waals surface area contributed by atoms with Crippen molar-refractivity contribution in [3.05, 3.63) is 182 Å². The Balaban J connectivity index is 1.23. The van der Waals surface area contributed by atoms with Crippen molar-refractivity contribution in [2.75, 3.05) is 21.3 Å². The number of nitrogens with zero attached hydrogens (tertiary/aromatic N) is 2. The molecule has 7 rings (SSSR count). The summed E-state index contributed by atoms with van der Waals surface area (Å²) in [4.78, 5) is 4.57. The Labute approximate surface area is 270 Å². The quantitative estimate of drug-likeness (QED) is 0.172. The fourth-order valence-electron chi connectivity index (χ4n) is 5.76. The SMILES string of the molecule is Nc1ccc(-c2ccc(N(c3ccccc3)c3ccc(N(c4ccccc4)c4ccc(-c5ccc(N)cc5)cc4)cc3)cc2)cc1. The van der Waals surface area contributed by atoms with Crippen molar-refractivity contribution in [2.24, 2.45) is 0 Å². The van der Waals surface area contributed by atoms with Gasteiger partial charge in [-0.3, -0.25) is 0 Å². The molecule has 4 N–H and O–H groups in total. The highest BCUT2D eigenvalue weighted by Crippen LogP contribution is 2.40. The van der Waals surface area contributed by atoms with Gasteiger partial charge in [-0.1, -0.05) is 84.9 Å². The van der Waals surface area contributed by atoms with Gasteiger partial charge in [-0.05, 0) is 119 Å². The molecule has 0 aromatic heterocycles. The largest absolute Gasteiger partial charge is 0.399 e. The average molecular weight is 595 g/mol. The van der Waals surface area contributed by atoms with E-state index in [2.05, 4.69) is 155 Å². The van der Waals surface area contributed by atoms with E-state index < -0.39 is 0 Å². The lowest BCUT2D eigenvalue weighted by molar-refractivity contribution is 1.26. The molecule has 0 atom stereocenters. The first-order valence-corrected chi connectivity index (χ1v) is 15.3. The number of anilines is 8. The van der Waals surface area contributed by atoms with E-state index in [-0.39, 0.29) is 0 Å². The summed E-state index contributed by atoms with van der Waals surface area (Å²) in [5, 5.41) is 0. The summed E-state index contributed by atoms with van der Waals surface area (Å²) >= 11 is 0. The predicted molar refractivity (Wildman–Crippen MR) is 196 cm³/mol. The molecule has 222 valence electrons. The van der Waals surface area contributed by atoms with Gasteiger partial charge < -0.3 is 21.3 Å².